The Hall–Kier alpha value is -2.28. The Bertz CT molecular complexity index is 826. The van der Waals surface area contributed by atoms with Gasteiger partial charge in [-0.15, -0.1) is 0 Å². The molecule has 1 aromatic heterocycles. The Balaban J connectivity index is 1.87. The first-order valence-corrected chi connectivity index (χ1v) is 9.36. The molecule has 0 aliphatic heterocycles. The zero-order valence-corrected chi connectivity index (χ0v) is 16.7. The van der Waals surface area contributed by atoms with Crippen molar-refractivity contribution in [1.82, 2.24) is 9.55 Å². The van der Waals surface area contributed by atoms with E-state index in [9.17, 15) is 9.90 Å². The zero-order valence-electron chi connectivity index (χ0n) is 16.7. The molecule has 148 valence electrons. The molecule has 1 aliphatic carbocycles. The second-order valence-corrected chi connectivity index (χ2v) is 8.87. The third-order valence-electron chi connectivity index (χ3n) is 4.06. The average Bonchev–Trinajstić information content (AvgIpc) is 3.26. The number of carbonyl (C=O) groups is 1. The van der Waals surface area contributed by atoms with E-state index < -0.39 is 17.3 Å². The summed E-state index contributed by atoms with van der Waals surface area (Å²) in [5, 5.41) is 12.6. The Morgan fingerprint density at radius 2 is 2.00 bits per heavy atom. The largest absolute Gasteiger partial charge is 0.491 e. The van der Waals surface area contributed by atoms with E-state index >= 15 is 0 Å². The lowest BCUT2D eigenvalue weighted by atomic mass is 10.2. The van der Waals surface area contributed by atoms with Gasteiger partial charge >= 0.3 is 6.09 Å². The molecule has 0 unspecified atom stereocenters. The van der Waals surface area contributed by atoms with Crippen LogP contribution >= 0.6 is 0 Å². The summed E-state index contributed by atoms with van der Waals surface area (Å²) < 4.78 is 13.1. The molecular weight excluding hydrogens is 346 g/mol. The maximum absolute atomic E-state index is 12.2. The number of nitrogens with one attached hydrogen (secondary N) is 1. The molecule has 2 N–H and O–H groups in total. The number of nitrogens with zero attached hydrogens (tertiary/aromatic N) is 2. The third-order valence-corrected chi connectivity index (χ3v) is 4.06. The second-order valence-electron chi connectivity index (χ2n) is 8.87. The summed E-state index contributed by atoms with van der Waals surface area (Å²) in [5.41, 5.74) is 0.181. The van der Waals surface area contributed by atoms with Crippen LogP contribution in [0.2, 0.25) is 0 Å². The molecule has 0 atom stereocenters. The highest BCUT2D eigenvalue weighted by atomic mass is 16.6. The standard InChI is InChI=1S/C20H29N3O4/c1-19(2,3)27-18(24)22-17-21-15-9-8-14(26-12-20(4,5)25)10-16(15)23(17)11-13-6-7-13/h8-10,13,25H,6-7,11-12H2,1-5H3,(H,21,22,24). The first-order chi connectivity index (χ1) is 12.5. The normalized spacial score (nSPS) is 15.0. The number of anilines is 1. The number of amides is 1. The number of fused-ring (bicyclic) bond motifs is 1. The molecule has 7 nitrogen and oxygen atoms in total. The minimum atomic E-state index is -0.910. The molecule has 1 aromatic carbocycles. The van der Waals surface area contributed by atoms with Crippen LogP contribution in [0.1, 0.15) is 47.5 Å². The lowest BCUT2D eigenvalue weighted by molar-refractivity contribution is 0.0285. The summed E-state index contributed by atoms with van der Waals surface area (Å²) >= 11 is 0. The number of benzene rings is 1. The van der Waals surface area contributed by atoms with Crippen LogP contribution in [0.4, 0.5) is 10.7 Å². The van der Waals surface area contributed by atoms with E-state index in [1.165, 1.54) is 12.8 Å². The highest BCUT2D eigenvalue weighted by Gasteiger charge is 2.26. The Morgan fingerprint density at radius 1 is 1.30 bits per heavy atom. The lowest BCUT2D eigenvalue weighted by Crippen LogP contribution is -2.28. The molecule has 0 saturated heterocycles. The predicted molar refractivity (Wildman–Crippen MR) is 104 cm³/mol. The van der Waals surface area contributed by atoms with Crippen LogP contribution in [0.5, 0.6) is 5.75 Å². The van der Waals surface area contributed by atoms with Gasteiger partial charge < -0.3 is 19.1 Å². The van der Waals surface area contributed by atoms with Crippen molar-refractivity contribution in [3.8, 4) is 5.75 Å². The van der Waals surface area contributed by atoms with Crippen molar-refractivity contribution in [2.24, 2.45) is 5.92 Å². The molecule has 7 heteroatoms. The quantitative estimate of drug-likeness (QED) is 0.799. The Kier molecular flexibility index (Phi) is 5.08. The molecule has 1 amide bonds. The minimum absolute atomic E-state index is 0.193. The summed E-state index contributed by atoms with van der Waals surface area (Å²) in [6, 6.07) is 5.58. The summed E-state index contributed by atoms with van der Waals surface area (Å²) in [7, 11) is 0. The van der Waals surface area contributed by atoms with Crippen molar-refractivity contribution in [2.75, 3.05) is 11.9 Å². The van der Waals surface area contributed by atoms with E-state index in [0.717, 1.165) is 17.6 Å². The topological polar surface area (TPSA) is 85.6 Å². The number of carbonyl (C=O) groups excluding carboxylic acids is 1. The van der Waals surface area contributed by atoms with Crippen molar-refractivity contribution in [2.45, 2.75) is 65.2 Å². The molecule has 0 bridgehead atoms. The van der Waals surface area contributed by atoms with Crippen LogP contribution < -0.4 is 10.1 Å². The highest BCUT2D eigenvalue weighted by Crippen LogP contribution is 2.34. The number of imidazole rings is 1. The maximum atomic E-state index is 12.2. The molecule has 1 saturated carbocycles. The molecular formula is C20H29N3O4. The number of aromatic nitrogens is 2. The summed E-state index contributed by atoms with van der Waals surface area (Å²) in [5.74, 6) is 1.73. The summed E-state index contributed by atoms with van der Waals surface area (Å²) in [4.78, 5) is 16.8. The molecule has 27 heavy (non-hydrogen) atoms. The minimum Gasteiger partial charge on any atom is -0.491 e. The number of hydrogen-bond donors (Lipinski definition) is 2. The number of aliphatic hydroxyl groups is 1. The summed E-state index contributed by atoms with van der Waals surface area (Å²) in [6.07, 6.45) is 1.84. The van der Waals surface area contributed by atoms with Crippen molar-refractivity contribution >= 4 is 23.1 Å². The van der Waals surface area contributed by atoms with Gasteiger partial charge in [0.25, 0.3) is 0 Å². The van der Waals surface area contributed by atoms with Gasteiger partial charge in [-0.05, 0) is 65.5 Å². The molecule has 2 aromatic rings. The van der Waals surface area contributed by atoms with E-state index in [4.69, 9.17) is 9.47 Å². The lowest BCUT2D eigenvalue weighted by Gasteiger charge is -2.20. The second kappa shape index (κ2) is 7.03. The predicted octanol–water partition coefficient (Wildman–Crippen LogP) is 3.94. The molecule has 0 radical (unpaired) electrons. The number of hydrogen-bond acceptors (Lipinski definition) is 5. The van der Waals surface area contributed by atoms with Gasteiger partial charge in [-0.1, -0.05) is 0 Å². The van der Waals surface area contributed by atoms with Gasteiger partial charge in [0.1, 0.15) is 18.0 Å². The third kappa shape index (κ3) is 5.60. The van der Waals surface area contributed by atoms with Crippen molar-refractivity contribution in [3.63, 3.8) is 0 Å². The van der Waals surface area contributed by atoms with Gasteiger partial charge in [-0.2, -0.15) is 0 Å². The Labute approximate surface area is 159 Å². The monoisotopic (exact) mass is 375 g/mol. The van der Waals surface area contributed by atoms with E-state index in [-0.39, 0.29) is 6.61 Å². The van der Waals surface area contributed by atoms with Crippen molar-refractivity contribution in [1.29, 1.82) is 0 Å². The van der Waals surface area contributed by atoms with Crippen LogP contribution in [-0.2, 0) is 11.3 Å². The SMILES string of the molecule is CC(C)(O)COc1ccc2nc(NC(=O)OC(C)(C)C)n(CC3CC3)c2c1. The van der Waals surface area contributed by atoms with Crippen LogP contribution in [0.15, 0.2) is 18.2 Å². The smallest absolute Gasteiger partial charge is 0.414 e. The maximum Gasteiger partial charge on any atom is 0.414 e. The van der Waals surface area contributed by atoms with E-state index in [1.54, 1.807) is 13.8 Å². The van der Waals surface area contributed by atoms with Gasteiger partial charge in [-0.25, -0.2) is 9.78 Å². The van der Waals surface area contributed by atoms with Crippen LogP contribution in [0, 0.1) is 5.92 Å². The fourth-order valence-electron chi connectivity index (χ4n) is 2.69. The molecule has 1 heterocycles. The van der Waals surface area contributed by atoms with Gasteiger partial charge in [0.05, 0.1) is 16.6 Å². The highest BCUT2D eigenvalue weighted by molar-refractivity contribution is 5.87. The average molecular weight is 375 g/mol. The van der Waals surface area contributed by atoms with Crippen LogP contribution in [0.25, 0.3) is 11.0 Å². The van der Waals surface area contributed by atoms with Crippen molar-refractivity contribution < 1.29 is 19.4 Å². The summed E-state index contributed by atoms with van der Waals surface area (Å²) in [6.45, 7) is 9.86. The number of rotatable bonds is 6. The van der Waals surface area contributed by atoms with Crippen molar-refractivity contribution in [3.05, 3.63) is 18.2 Å². The van der Waals surface area contributed by atoms with Gasteiger partial charge in [0.2, 0.25) is 5.95 Å². The number of ether oxygens (including phenoxy) is 2. The van der Waals surface area contributed by atoms with E-state index in [1.807, 2.05) is 43.5 Å². The molecule has 0 spiro atoms. The van der Waals surface area contributed by atoms with E-state index in [2.05, 4.69) is 10.3 Å². The Morgan fingerprint density at radius 3 is 2.59 bits per heavy atom. The molecule has 3 rings (SSSR count). The fourth-order valence-corrected chi connectivity index (χ4v) is 2.69. The van der Waals surface area contributed by atoms with Crippen LogP contribution in [0.3, 0.4) is 0 Å². The van der Waals surface area contributed by atoms with Crippen LogP contribution in [-0.4, -0.2) is 38.6 Å². The molecule has 1 fully saturated rings. The fraction of sp³-hybridized carbons (Fsp3) is 0.600. The first-order valence-electron chi connectivity index (χ1n) is 9.36. The van der Waals surface area contributed by atoms with E-state index in [0.29, 0.717) is 17.6 Å². The van der Waals surface area contributed by atoms with Gasteiger partial charge in [0.15, 0.2) is 0 Å². The first kappa shape index (κ1) is 19.5. The van der Waals surface area contributed by atoms with Gasteiger partial charge in [-0.3, -0.25) is 5.32 Å². The molecule has 1 aliphatic rings. The van der Waals surface area contributed by atoms with Gasteiger partial charge in [0, 0.05) is 12.6 Å². The zero-order chi connectivity index (χ0) is 19.8.